The van der Waals surface area contributed by atoms with Crippen LogP contribution in [-0.2, 0) is 16.2 Å². The van der Waals surface area contributed by atoms with E-state index in [2.05, 4.69) is 34.5 Å². The fraction of sp³-hybridized carbons (Fsp3) is 0.682. The Morgan fingerprint density at radius 2 is 2.03 bits per heavy atom. The van der Waals surface area contributed by atoms with Gasteiger partial charge >= 0.3 is 6.09 Å². The molecule has 2 aliphatic heterocycles. The summed E-state index contributed by atoms with van der Waals surface area (Å²) in [5.41, 5.74) is 0.300. The highest BCUT2D eigenvalue weighted by Gasteiger charge is 2.36. The molecule has 10 heteroatoms. The lowest BCUT2D eigenvalue weighted by Crippen LogP contribution is -2.57. The summed E-state index contributed by atoms with van der Waals surface area (Å²) in [6.45, 7) is 16.1. The van der Waals surface area contributed by atoms with Crippen molar-refractivity contribution in [3.05, 3.63) is 12.5 Å². The summed E-state index contributed by atoms with van der Waals surface area (Å²) in [5, 5.41) is 0.912. The van der Waals surface area contributed by atoms with Crippen molar-refractivity contribution in [1.29, 1.82) is 0 Å². The summed E-state index contributed by atoms with van der Waals surface area (Å²) >= 11 is 0. The third-order valence-electron chi connectivity index (χ3n) is 5.66. The number of hydrogen-bond donors (Lipinski definition) is 0. The van der Waals surface area contributed by atoms with E-state index in [4.69, 9.17) is 14.2 Å². The molecule has 9 nitrogen and oxygen atoms in total. The first-order valence-corrected chi connectivity index (χ1v) is 15.0. The van der Waals surface area contributed by atoms with Crippen molar-refractivity contribution >= 4 is 31.0 Å². The fourth-order valence-electron chi connectivity index (χ4n) is 3.99. The highest BCUT2D eigenvalue weighted by Crippen LogP contribution is 2.38. The number of amides is 1. The first-order valence-electron chi connectivity index (χ1n) is 11.3. The highest BCUT2D eigenvalue weighted by molar-refractivity contribution is 6.76. The molecule has 0 N–H and O–H groups in total. The van der Waals surface area contributed by atoms with E-state index in [1.807, 2.05) is 31.5 Å². The standard InChI is InChI=1S/C22H35N5O4Si/c1-22(2,3)31-21(28)25-7-8-27-16(11-25)13-30-17-12-26(15-29-9-10-32(4,5)6)19-18(17)20(27)24-14-23-19/h12,14,16H,7-11,13,15H2,1-6H3/t16-/m0/s1. The number of fused-ring (bicyclic) bond motifs is 2. The molecule has 0 bridgehead atoms. The van der Waals surface area contributed by atoms with Crippen LogP contribution in [-0.4, -0.2) is 78.1 Å². The number of hydrogen-bond acceptors (Lipinski definition) is 7. The van der Waals surface area contributed by atoms with Crippen molar-refractivity contribution in [2.75, 3.05) is 37.7 Å². The maximum absolute atomic E-state index is 12.6. The van der Waals surface area contributed by atoms with Crippen molar-refractivity contribution in [2.24, 2.45) is 0 Å². The van der Waals surface area contributed by atoms with Gasteiger partial charge in [-0.15, -0.1) is 0 Å². The average molecular weight is 462 g/mol. The van der Waals surface area contributed by atoms with Gasteiger partial charge < -0.3 is 28.6 Å². The molecule has 1 fully saturated rings. The fourth-order valence-corrected chi connectivity index (χ4v) is 4.75. The van der Waals surface area contributed by atoms with Crippen LogP contribution in [0.25, 0.3) is 11.0 Å². The van der Waals surface area contributed by atoms with E-state index in [0.717, 1.165) is 35.3 Å². The van der Waals surface area contributed by atoms with Gasteiger partial charge in [-0.3, -0.25) is 0 Å². The predicted molar refractivity (Wildman–Crippen MR) is 126 cm³/mol. The Bertz CT molecular complexity index is 981. The van der Waals surface area contributed by atoms with Crippen molar-refractivity contribution in [3.63, 3.8) is 0 Å². The van der Waals surface area contributed by atoms with Crippen LogP contribution in [0.5, 0.6) is 5.75 Å². The summed E-state index contributed by atoms with van der Waals surface area (Å²) < 4.78 is 19.7. The van der Waals surface area contributed by atoms with Gasteiger partial charge in [0.15, 0.2) is 5.65 Å². The van der Waals surface area contributed by atoms with Crippen LogP contribution < -0.4 is 9.64 Å². The molecule has 0 saturated carbocycles. The molecule has 0 radical (unpaired) electrons. The number of anilines is 1. The summed E-state index contributed by atoms with van der Waals surface area (Å²) in [6.07, 6.45) is 3.28. The SMILES string of the molecule is CC(C)(C)OC(=O)N1CCN2c3ncnc4c3c(cn4COCC[Si](C)(C)C)OC[C@@H]2C1. The van der Waals surface area contributed by atoms with E-state index in [9.17, 15) is 4.79 Å². The Morgan fingerprint density at radius 1 is 1.25 bits per heavy atom. The van der Waals surface area contributed by atoms with Gasteiger partial charge in [0.1, 0.15) is 42.2 Å². The molecule has 0 aromatic carbocycles. The zero-order chi connectivity index (χ0) is 23.1. The molecule has 1 amide bonds. The van der Waals surface area contributed by atoms with E-state index in [1.54, 1.807) is 11.2 Å². The molecule has 0 aliphatic carbocycles. The lowest BCUT2D eigenvalue weighted by Gasteiger charge is -2.41. The normalized spacial score (nSPS) is 18.9. The Balaban J connectivity index is 1.51. The molecule has 0 unspecified atom stereocenters. The number of carbonyl (C=O) groups excluding carboxylic acids is 1. The van der Waals surface area contributed by atoms with Crippen molar-refractivity contribution in [3.8, 4) is 5.75 Å². The van der Waals surface area contributed by atoms with Gasteiger partial charge in [-0.25, -0.2) is 14.8 Å². The average Bonchev–Trinajstić information content (AvgIpc) is 2.97. The van der Waals surface area contributed by atoms with Crippen LogP contribution in [0.1, 0.15) is 20.8 Å². The minimum absolute atomic E-state index is 0.00297. The first kappa shape index (κ1) is 22.8. The van der Waals surface area contributed by atoms with Crippen molar-refractivity contribution in [1.82, 2.24) is 19.4 Å². The molecule has 4 rings (SSSR count). The largest absolute Gasteiger partial charge is 0.489 e. The molecule has 4 heterocycles. The Hall–Kier alpha value is -2.33. The molecule has 2 aromatic heterocycles. The molecule has 32 heavy (non-hydrogen) atoms. The summed E-state index contributed by atoms with van der Waals surface area (Å²) in [7, 11) is -1.13. The summed E-state index contributed by atoms with van der Waals surface area (Å²) in [4.78, 5) is 25.7. The summed E-state index contributed by atoms with van der Waals surface area (Å²) in [5.74, 6) is 1.62. The molecular formula is C22H35N5O4Si. The Kier molecular flexibility index (Phi) is 6.10. The topological polar surface area (TPSA) is 82.0 Å². The second-order valence-corrected chi connectivity index (χ2v) is 16.4. The quantitative estimate of drug-likeness (QED) is 0.497. The van der Waals surface area contributed by atoms with Crippen LogP contribution in [0.15, 0.2) is 12.5 Å². The zero-order valence-corrected chi connectivity index (χ0v) is 21.1. The molecular weight excluding hydrogens is 426 g/mol. The number of piperazine rings is 1. The third kappa shape index (κ3) is 5.01. The number of carbonyl (C=O) groups is 1. The van der Waals surface area contributed by atoms with Gasteiger partial charge in [0.25, 0.3) is 0 Å². The van der Waals surface area contributed by atoms with E-state index in [0.29, 0.717) is 33.0 Å². The van der Waals surface area contributed by atoms with Gasteiger partial charge in [0, 0.05) is 34.3 Å². The molecule has 1 saturated heterocycles. The van der Waals surface area contributed by atoms with E-state index in [1.165, 1.54) is 0 Å². The maximum atomic E-state index is 12.6. The lowest BCUT2D eigenvalue weighted by atomic mass is 10.1. The van der Waals surface area contributed by atoms with Crippen LogP contribution in [0.4, 0.5) is 10.6 Å². The first-order chi connectivity index (χ1) is 15.0. The molecule has 1 atom stereocenters. The summed E-state index contributed by atoms with van der Waals surface area (Å²) in [6, 6.07) is 1.13. The molecule has 176 valence electrons. The Labute approximate surface area is 190 Å². The van der Waals surface area contributed by atoms with E-state index >= 15 is 0 Å². The number of nitrogens with zero attached hydrogens (tertiary/aromatic N) is 5. The van der Waals surface area contributed by atoms with Crippen molar-refractivity contribution < 1.29 is 19.0 Å². The minimum Gasteiger partial charge on any atom is -0.489 e. The molecule has 2 aliphatic rings. The van der Waals surface area contributed by atoms with Crippen LogP contribution in [0, 0.1) is 0 Å². The van der Waals surface area contributed by atoms with Crippen LogP contribution in [0.3, 0.4) is 0 Å². The predicted octanol–water partition coefficient (Wildman–Crippen LogP) is 3.56. The lowest BCUT2D eigenvalue weighted by molar-refractivity contribution is 0.0202. The van der Waals surface area contributed by atoms with Crippen LogP contribution >= 0.6 is 0 Å². The van der Waals surface area contributed by atoms with Gasteiger partial charge in [-0.1, -0.05) is 19.6 Å². The van der Waals surface area contributed by atoms with Crippen LogP contribution in [0.2, 0.25) is 25.7 Å². The smallest absolute Gasteiger partial charge is 0.410 e. The number of rotatable bonds is 5. The second kappa shape index (κ2) is 8.55. The van der Waals surface area contributed by atoms with Crippen molar-refractivity contribution in [2.45, 2.75) is 64.8 Å². The number of aromatic nitrogens is 3. The van der Waals surface area contributed by atoms with Gasteiger partial charge in [-0.2, -0.15) is 0 Å². The zero-order valence-electron chi connectivity index (χ0n) is 20.1. The van der Waals surface area contributed by atoms with Gasteiger partial charge in [-0.05, 0) is 26.8 Å². The highest BCUT2D eigenvalue weighted by atomic mass is 28.3. The third-order valence-corrected chi connectivity index (χ3v) is 7.37. The van der Waals surface area contributed by atoms with Gasteiger partial charge in [0.2, 0.25) is 0 Å². The molecule has 2 aromatic rings. The Morgan fingerprint density at radius 3 is 2.75 bits per heavy atom. The second-order valence-electron chi connectivity index (χ2n) is 10.8. The number of ether oxygens (including phenoxy) is 3. The van der Waals surface area contributed by atoms with E-state index < -0.39 is 13.7 Å². The van der Waals surface area contributed by atoms with E-state index in [-0.39, 0.29) is 12.1 Å². The molecule has 0 spiro atoms. The van der Waals surface area contributed by atoms with Gasteiger partial charge in [0.05, 0.1) is 12.2 Å². The minimum atomic E-state index is -1.13. The maximum Gasteiger partial charge on any atom is 0.410 e. The monoisotopic (exact) mass is 461 g/mol.